The van der Waals surface area contributed by atoms with Crippen LogP contribution in [0.2, 0.25) is 5.02 Å². The number of hydrogen-bond donors (Lipinski definition) is 2. The molecule has 0 saturated heterocycles. The van der Waals surface area contributed by atoms with Gasteiger partial charge in [0.25, 0.3) is 0 Å². The maximum atomic E-state index is 14.4. The number of nitrogens with zero attached hydrogens (tertiary/aromatic N) is 2. The van der Waals surface area contributed by atoms with E-state index in [-0.39, 0.29) is 5.69 Å². The Labute approximate surface area is 181 Å². The van der Waals surface area contributed by atoms with Crippen molar-refractivity contribution in [3.8, 4) is 21.7 Å². The minimum absolute atomic E-state index is 0.0683. The number of halogens is 2. The zero-order valence-corrected chi connectivity index (χ0v) is 17.4. The molecular formula is C22H16ClFN4OS. The molecule has 2 N–H and O–H groups in total. The smallest absolute Gasteiger partial charge is 0.308 e. The number of nitrogens with one attached hydrogen (secondary N) is 2. The summed E-state index contributed by atoms with van der Waals surface area (Å²) in [5.41, 5.74) is 3.04. The summed E-state index contributed by atoms with van der Waals surface area (Å²) >= 11 is 7.43. The standard InChI is InChI=1S/C22H16ClFN4OS/c1-13-26-20(14-7-9-25-10-8-14)21(30-13)15-5-6-18(24)19(11-15)28-22(29)27-17-4-2-3-16(23)12-17/h2-12H,1H3,(H2,27,28,29). The molecule has 0 atom stereocenters. The van der Waals surface area contributed by atoms with E-state index >= 15 is 0 Å². The van der Waals surface area contributed by atoms with Crippen molar-refractivity contribution in [2.24, 2.45) is 0 Å². The van der Waals surface area contributed by atoms with Crippen molar-refractivity contribution < 1.29 is 9.18 Å². The summed E-state index contributed by atoms with van der Waals surface area (Å²) in [6, 6.07) is 14.5. The van der Waals surface area contributed by atoms with Crippen molar-refractivity contribution in [2.45, 2.75) is 6.92 Å². The molecule has 2 aromatic heterocycles. The molecule has 0 unspecified atom stereocenters. The van der Waals surface area contributed by atoms with Gasteiger partial charge in [-0.2, -0.15) is 0 Å². The number of carbonyl (C=O) groups excluding carboxylic acids is 1. The number of hydrogen-bond acceptors (Lipinski definition) is 4. The molecule has 2 heterocycles. The van der Waals surface area contributed by atoms with Crippen LogP contribution >= 0.6 is 22.9 Å². The minimum atomic E-state index is -0.567. The lowest BCUT2D eigenvalue weighted by atomic mass is 10.1. The first-order valence-electron chi connectivity index (χ1n) is 9.01. The van der Waals surface area contributed by atoms with Crippen LogP contribution < -0.4 is 10.6 Å². The second-order valence-electron chi connectivity index (χ2n) is 6.43. The van der Waals surface area contributed by atoms with Gasteiger partial charge < -0.3 is 10.6 Å². The third-order valence-electron chi connectivity index (χ3n) is 4.25. The molecule has 0 fully saturated rings. The summed E-state index contributed by atoms with van der Waals surface area (Å²) in [6.07, 6.45) is 3.40. The van der Waals surface area contributed by atoms with Gasteiger partial charge in [0.2, 0.25) is 0 Å². The number of rotatable bonds is 4. The van der Waals surface area contributed by atoms with E-state index in [0.29, 0.717) is 10.7 Å². The molecule has 5 nitrogen and oxygen atoms in total. The van der Waals surface area contributed by atoms with E-state index in [1.165, 1.54) is 17.4 Å². The van der Waals surface area contributed by atoms with Crippen molar-refractivity contribution in [3.05, 3.63) is 82.8 Å². The Morgan fingerprint density at radius 1 is 1.03 bits per heavy atom. The maximum absolute atomic E-state index is 14.4. The average Bonchev–Trinajstić information content (AvgIpc) is 3.12. The molecule has 8 heteroatoms. The maximum Gasteiger partial charge on any atom is 0.323 e. The summed E-state index contributed by atoms with van der Waals surface area (Å²) < 4.78 is 14.4. The van der Waals surface area contributed by atoms with Crippen molar-refractivity contribution in [2.75, 3.05) is 10.6 Å². The Morgan fingerprint density at radius 2 is 1.83 bits per heavy atom. The summed E-state index contributed by atoms with van der Waals surface area (Å²) in [5.74, 6) is -0.535. The zero-order chi connectivity index (χ0) is 21.1. The number of benzene rings is 2. The number of amides is 2. The van der Waals surface area contributed by atoms with Gasteiger partial charge in [0.05, 0.1) is 21.3 Å². The van der Waals surface area contributed by atoms with Gasteiger partial charge in [-0.1, -0.05) is 23.7 Å². The molecule has 0 radical (unpaired) electrons. The quantitative estimate of drug-likeness (QED) is 0.376. The van der Waals surface area contributed by atoms with Gasteiger partial charge in [-0.05, 0) is 55.0 Å². The van der Waals surface area contributed by atoms with Crippen LogP contribution in [-0.4, -0.2) is 16.0 Å². The molecule has 2 aromatic carbocycles. The van der Waals surface area contributed by atoms with E-state index in [4.69, 9.17) is 11.6 Å². The predicted molar refractivity (Wildman–Crippen MR) is 120 cm³/mol. The van der Waals surface area contributed by atoms with Crippen LogP contribution in [0.4, 0.5) is 20.6 Å². The highest BCUT2D eigenvalue weighted by Crippen LogP contribution is 2.37. The van der Waals surface area contributed by atoms with Gasteiger partial charge in [-0.15, -0.1) is 11.3 Å². The first kappa shape index (κ1) is 20.0. The number of anilines is 2. The van der Waals surface area contributed by atoms with Crippen molar-refractivity contribution in [1.82, 2.24) is 9.97 Å². The normalized spacial score (nSPS) is 10.6. The number of carbonyl (C=O) groups is 1. The molecule has 2 amide bonds. The Kier molecular flexibility index (Phi) is 5.74. The van der Waals surface area contributed by atoms with Crippen LogP contribution in [-0.2, 0) is 0 Å². The summed E-state index contributed by atoms with van der Waals surface area (Å²) in [5, 5.41) is 6.58. The van der Waals surface area contributed by atoms with Gasteiger partial charge in [-0.25, -0.2) is 14.2 Å². The largest absolute Gasteiger partial charge is 0.323 e. The third kappa shape index (κ3) is 4.48. The van der Waals surface area contributed by atoms with Gasteiger partial charge in [0.15, 0.2) is 0 Å². The first-order chi connectivity index (χ1) is 14.5. The van der Waals surface area contributed by atoms with Crippen molar-refractivity contribution >= 4 is 40.3 Å². The average molecular weight is 439 g/mol. The van der Waals surface area contributed by atoms with Crippen molar-refractivity contribution in [1.29, 1.82) is 0 Å². The highest BCUT2D eigenvalue weighted by Gasteiger charge is 2.16. The summed E-state index contributed by atoms with van der Waals surface area (Å²) in [4.78, 5) is 21.9. The van der Waals surface area contributed by atoms with E-state index in [1.807, 2.05) is 19.1 Å². The molecule has 0 aliphatic heterocycles. The zero-order valence-electron chi connectivity index (χ0n) is 15.8. The predicted octanol–water partition coefficient (Wildman–Crippen LogP) is 6.62. The molecule has 0 bridgehead atoms. The van der Waals surface area contributed by atoms with E-state index in [0.717, 1.165) is 26.7 Å². The number of thiazole rings is 1. The third-order valence-corrected chi connectivity index (χ3v) is 5.50. The molecule has 0 saturated carbocycles. The summed E-state index contributed by atoms with van der Waals surface area (Å²) in [7, 11) is 0. The molecule has 30 heavy (non-hydrogen) atoms. The van der Waals surface area contributed by atoms with Crippen LogP contribution in [0.3, 0.4) is 0 Å². The van der Waals surface area contributed by atoms with Crippen LogP contribution in [0.5, 0.6) is 0 Å². The molecular weight excluding hydrogens is 423 g/mol. The van der Waals surface area contributed by atoms with Gasteiger partial charge in [0, 0.05) is 28.7 Å². The fraction of sp³-hybridized carbons (Fsp3) is 0.0455. The molecule has 0 aliphatic rings. The van der Waals surface area contributed by atoms with Gasteiger partial charge in [0.1, 0.15) is 5.82 Å². The number of aromatic nitrogens is 2. The highest BCUT2D eigenvalue weighted by molar-refractivity contribution is 7.15. The lowest BCUT2D eigenvalue weighted by molar-refractivity contribution is 0.262. The van der Waals surface area contributed by atoms with E-state index < -0.39 is 11.8 Å². The Hall–Kier alpha value is -3.29. The van der Waals surface area contributed by atoms with Crippen molar-refractivity contribution in [3.63, 3.8) is 0 Å². The highest BCUT2D eigenvalue weighted by atomic mass is 35.5. The molecule has 4 aromatic rings. The lowest BCUT2D eigenvalue weighted by Gasteiger charge is -2.10. The van der Waals surface area contributed by atoms with E-state index in [1.54, 1.807) is 48.8 Å². The number of urea groups is 1. The Bertz CT molecular complexity index is 1210. The summed E-state index contributed by atoms with van der Waals surface area (Å²) in [6.45, 7) is 1.92. The number of pyridine rings is 1. The second kappa shape index (κ2) is 8.61. The monoisotopic (exact) mass is 438 g/mol. The van der Waals surface area contributed by atoms with Crippen LogP contribution in [0.25, 0.3) is 21.7 Å². The molecule has 0 aliphatic carbocycles. The molecule has 150 valence electrons. The minimum Gasteiger partial charge on any atom is -0.308 e. The fourth-order valence-electron chi connectivity index (χ4n) is 2.94. The van der Waals surface area contributed by atoms with Crippen LogP contribution in [0.1, 0.15) is 5.01 Å². The van der Waals surface area contributed by atoms with Gasteiger partial charge >= 0.3 is 6.03 Å². The topological polar surface area (TPSA) is 66.9 Å². The van der Waals surface area contributed by atoms with Crippen LogP contribution in [0, 0.1) is 12.7 Å². The Balaban J connectivity index is 1.62. The van der Waals surface area contributed by atoms with Crippen LogP contribution in [0.15, 0.2) is 67.0 Å². The van der Waals surface area contributed by atoms with Gasteiger partial charge in [-0.3, -0.25) is 4.98 Å². The lowest BCUT2D eigenvalue weighted by Crippen LogP contribution is -2.20. The SMILES string of the molecule is Cc1nc(-c2ccncc2)c(-c2ccc(F)c(NC(=O)Nc3cccc(Cl)c3)c2)s1. The molecule has 0 spiro atoms. The molecule has 4 rings (SSSR count). The first-order valence-corrected chi connectivity index (χ1v) is 10.2. The fourth-order valence-corrected chi connectivity index (χ4v) is 4.07. The number of aryl methyl sites for hydroxylation is 1. The van der Waals surface area contributed by atoms with E-state index in [2.05, 4.69) is 20.6 Å². The second-order valence-corrected chi connectivity index (χ2v) is 8.07. The van der Waals surface area contributed by atoms with E-state index in [9.17, 15) is 9.18 Å². The Morgan fingerprint density at radius 3 is 2.60 bits per heavy atom.